The maximum Gasteiger partial charge on any atom is 0.196 e. The van der Waals surface area contributed by atoms with Gasteiger partial charge in [-0.1, -0.05) is 60.7 Å². The van der Waals surface area contributed by atoms with Gasteiger partial charge in [-0.3, -0.25) is 0 Å². The largest absolute Gasteiger partial charge is 0.494 e. The standard InChI is InChI=1S/2C17H10N4O.Co/c2*18-9-12(16-19-13-7-3-4-8-14(13)20-16)15-10-5-1-2-6-11(10)17(22)21-15;/h2*1-8,21-22H;. The molecule has 4 heterocycles. The Kier molecular flexibility index (Phi) is 7.55. The normalized spacial score (nSPS) is 12.1. The van der Waals surface area contributed by atoms with E-state index in [2.05, 4.69) is 42.1 Å². The van der Waals surface area contributed by atoms with Gasteiger partial charge in [-0.2, -0.15) is 10.5 Å². The van der Waals surface area contributed by atoms with Crippen LogP contribution in [0, 0.1) is 22.7 Å². The van der Waals surface area contributed by atoms with Crippen LogP contribution < -0.4 is 21.4 Å². The molecule has 0 amide bonds. The van der Waals surface area contributed by atoms with Gasteiger partial charge in [0.2, 0.25) is 0 Å². The first-order valence-electron chi connectivity index (χ1n) is 13.5. The van der Waals surface area contributed by atoms with E-state index in [0.29, 0.717) is 44.9 Å². The average molecular weight is 632 g/mol. The fourth-order valence-corrected chi connectivity index (χ4v) is 5.19. The molecule has 1 radical (unpaired) electrons. The van der Waals surface area contributed by atoms with Crippen LogP contribution >= 0.6 is 0 Å². The molecular formula is C34H20CoN8O2. The van der Waals surface area contributed by atoms with Gasteiger partial charge in [-0.25, -0.2) is 20.0 Å². The minimum atomic E-state index is 0. The maximum atomic E-state index is 10.0. The summed E-state index contributed by atoms with van der Waals surface area (Å²) in [5, 5.41) is 45.0. The number of fused-ring (bicyclic) bond motifs is 4. The van der Waals surface area contributed by atoms with Gasteiger partial charge in [0.05, 0.1) is 32.8 Å². The molecule has 0 aliphatic carbocycles. The van der Waals surface area contributed by atoms with Crippen LogP contribution in [0.1, 0.15) is 11.4 Å². The van der Waals surface area contributed by atoms with Gasteiger partial charge >= 0.3 is 0 Å². The molecule has 8 rings (SSSR count). The van der Waals surface area contributed by atoms with E-state index < -0.39 is 0 Å². The Balaban J connectivity index is 0.000000155. The molecule has 45 heavy (non-hydrogen) atoms. The third kappa shape index (κ3) is 5.04. The van der Waals surface area contributed by atoms with Crippen molar-refractivity contribution in [3.63, 3.8) is 0 Å². The van der Waals surface area contributed by atoms with Crippen LogP contribution in [0.25, 0.3) is 32.7 Å². The Morgan fingerprint density at radius 3 is 1.09 bits per heavy atom. The number of aromatic hydroxyl groups is 2. The predicted octanol–water partition coefficient (Wildman–Crippen LogP) is 4.03. The molecule has 2 aliphatic heterocycles. The maximum absolute atomic E-state index is 10.0. The Morgan fingerprint density at radius 2 is 0.778 bits per heavy atom. The van der Waals surface area contributed by atoms with E-state index in [1.807, 2.05) is 84.9 Å². The van der Waals surface area contributed by atoms with E-state index in [-0.39, 0.29) is 28.5 Å². The summed E-state index contributed by atoms with van der Waals surface area (Å²) in [6.07, 6.45) is 0. The monoisotopic (exact) mass is 631 g/mol. The number of rotatable bonds is 2. The summed E-state index contributed by atoms with van der Waals surface area (Å²) in [4.78, 5) is 23.3. The van der Waals surface area contributed by atoms with Crippen molar-refractivity contribution in [2.24, 2.45) is 20.0 Å². The number of nitriles is 2. The zero-order valence-corrected chi connectivity index (χ0v) is 24.2. The van der Waals surface area contributed by atoms with E-state index in [1.165, 1.54) is 0 Å². The number of hydrogen-bond donors (Lipinski definition) is 4. The molecule has 0 spiro atoms. The van der Waals surface area contributed by atoms with Crippen molar-refractivity contribution in [1.82, 2.24) is 9.97 Å². The summed E-state index contributed by atoms with van der Waals surface area (Å²) in [6.45, 7) is 0. The Labute approximate surface area is 264 Å². The van der Waals surface area contributed by atoms with Crippen molar-refractivity contribution in [1.29, 1.82) is 10.5 Å². The SMILES string of the molecule is N#CC(=C1N=c2ccccc2=N1)c1[nH]c(O)c2ccccc12.N#CC(=C1N=c2ccccc2=N1)c1[nH]c(O)c2ccccc12.[Co]. The van der Waals surface area contributed by atoms with Crippen LogP contribution in [0.2, 0.25) is 0 Å². The second-order valence-electron chi connectivity index (χ2n) is 9.83. The zero-order valence-electron chi connectivity index (χ0n) is 23.1. The molecule has 0 atom stereocenters. The van der Waals surface area contributed by atoms with E-state index in [0.717, 1.165) is 32.2 Å². The first-order chi connectivity index (χ1) is 21.6. The molecule has 217 valence electrons. The third-order valence-electron chi connectivity index (χ3n) is 7.23. The number of nitrogens with zero attached hydrogens (tertiary/aromatic N) is 6. The molecule has 0 fully saturated rings. The molecule has 4 N–H and O–H groups in total. The van der Waals surface area contributed by atoms with Crippen LogP contribution in [0.15, 0.2) is 129 Å². The van der Waals surface area contributed by atoms with Gasteiger partial charge in [0.15, 0.2) is 23.4 Å². The molecule has 6 aromatic rings. The van der Waals surface area contributed by atoms with Crippen LogP contribution in [-0.2, 0) is 16.8 Å². The number of nitrogens with one attached hydrogen (secondary N) is 2. The van der Waals surface area contributed by atoms with Crippen molar-refractivity contribution in [3.8, 4) is 23.9 Å². The number of allylic oxidation sites excluding steroid dienone is 2. The molecule has 0 bridgehead atoms. The molecule has 2 aromatic heterocycles. The molecular weight excluding hydrogens is 611 g/mol. The number of aromatic amines is 2. The van der Waals surface area contributed by atoms with Crippen molar-refractivity contribution in [2.75, 3.05) is 0 Å². The third-order valence-corrected chi connectivity index (χ3v) is 7.23. The predicted molar refractivity (Wildman–Crippen MR) is 163 cm³/mol. The number of H-pyrrole nitrogens is 2. The number of para-hydroxylation sites is 4. The van der Waals surface area contributed by atoms with Gasteiger partial charge in [-0.05, 0) is 36.4 Å². The smallest absolute Gasteiger partial charge is 0.196 e. The summed E-state index contributed by atoms with van der Waals surface area (Å²) in [7, 11) is 0. The summed E-state index contributed by atoms with van der Waals surface area (Å²) >= 11 is 0. The molecule has 0 saturated carbocycles. The summed E-state index contributed by atoms with van der Waals surface area (Å²) in [5.74, 6) is 0.787. The topological polar surface area (TPSA) is 169 Å². The zero-order chi connectivity index (χ0) is 30.2. The first kappa shape index (κ1) is 28.8. The number of benzene rings is 4. The van der Waals surface area contributed by atoms with Crippen LogP contribution in [0.4, 0.5) is 0 Å². The Bertz CT molecular complexity index is 2310. The summed E-state index contributed by atoms with van der Waals surface area (Å²) in [6, 6.07) is 33.9. The summed E-state index contributed by atoms with van der Waals surface area (Å²) < 4.78 is 0. The Hall–Kier alpha value is -6.27. The quantitative estimate of drug-likeness (QED) is 0.212. The van der Waals surface area contributed by atoms with Crippen molar-refractivity contribution in [3.05, 3.63) is 142 Å². The fourth-order valence-electron chi connectivity index (χ4n) is 5.19. The molecule has 0 saturated heterocycles. The van der Waals surface area contributed by atoms with Gasteiger partial charge in [0.1, 0.15) is 23.3 Å². The molecule has 2 aliphatic rings. The van der Waals surface area contributed by atoms with Crippen LogP contribution in [0.3, 0.4) is 0 Å². The average Bonchev–Trinajstić information content (AvgIpc) is 3.83. The second kappa shape index (κ2) is 11.8. The number of hydrogen-bond acceptors (Lipinski definition) is 8. The van der Waals surface area contributed by atoms with E-state index in [1.54, 1.807) is 12.1 Å². The second-order valence-corrected chi connectivity index (χ2v) is 9.83. The van der Waals surface area contributed by atoms with Gasteiger partial charge in [0, 0.05) is 38.3 Å². The minimum absolute atomic E-state index is 0. The summed E-state index contributed by atoms with van der Waals surface area (Å²) in [5.41, 5.74) is 1.69. The van der Waals surface area contributed by atoms with Gasteiger partial charge < -0.3 is 20.2 Å². The Morgan fingerprint density at radius 1 is 0.489 bits per heavy atom. The molecule has 4 aromatic carbocycles. The fraction of sp³-hybridized carbons (Fsp3) is 0. The van der Waals surface area contributed by atoms with Crippen molar-refractivity contribution >= 4 is 32.7 Å². The van der Waals surface area contributed by atoms with E-state index in [4.69, 9.17) is 0 Å². The van der Waals surface area contributed by atoms with E-state index in [9.17, 15) is 20.7 Å². The van der Waals surface area contributed by atoms with Crippen LogP contribution in [-0.4, -0.2) is 20.2 Å². The molecule has 0 unspecified atom stereocenters. The molecule has 10 nitrogen and oxygen atoms in total. The van der Waals surface area contributed by atoms with Gasteiger partial charge in [0.25, 0.3) is 0 Å². The van der Waals surface area contributed by atoms with Crippen LogP contribution in [0.5, 0.6) is 11.8 Å². The number of aromatic nitrogens is 2. The first-order valence-corrected chi connectivity index (χ1v) is 13.5. The minimum Gasteiger partial charge on any atom is -0.494 e. The van der Waals surface area contributed by atoms with Crippen molar-refractivity contribution < 1.29 is 27.0 Å². The van der Waals surface area contributed by atoms with Gasteiger partial charge in [-0.15, -0.1) is 0 Å². The molecule has 11 heteroatoms. The van der Waals surface area contributed by atoms with Crippen molar-refractivity contribution in [2.45, 2.75) is 0 Å². The van der Waals surface area contributed by atoms with E-state index >= 15 is 0 Å².